The second kappa shape index (κ2) is 8.31. The van der Waals surface area contributed by atoms with Gasteiger partial charge in [-0.2, -0.15) is 0 Å². The molecule has 0 saturated carbocycles. The second-order valence-electron chi connectivity index (χ2n) is 6.78. The van der Waals surface area contributed by atoms with Gasteiger partial charge in [0.05, 0.1) is 7.11 Å². The number of ether oxygens (including phenoxy) is 1. The quantitative estimate of drug-likeness (QED) is 0.682. The molecule has 3 heteroatoms. The summed E-state index contributed by atoms with van der Waals surface area (Å²) in [5, 5.41) is 0. The first-order chi connectivity index (χ1) is 12.7. The van der Waals surface area contributed by atoms with Crippen LogP contribution in [0.2, 0.25) is 0 Å². The van der Waals surface area contributed by atoms with Crippen molar-refractivity contribution in [3.8, 4) is 5.75 Å². The Balaban J connectivity index is 1.84. The number of benzene rings is 2. The smallest absolute Gasteiger partial charge is 0.128 e. The summed E-state index contributed by atoms with van der Waals surface area (Å²) in [7, 11) is 1.73. The molecule has 0 aromatic heterocycles. The zero-order valence-electron chi connectivity index (χ0n) is 16.3. The molecule has 3 nitrogen and oxygen atoms in total. The molecule has 1 fully saturated rings. The highest BCUT2D eigenvalue weighted by Crippen LogP contribution is 2.34. The van der Waals surface area contributed by atoms with E-state index >= 15 is 0 Å². The largest absolute Gasteiger partial charge is 0.496 e. The van der Waals surface area contributed by atoms with Gasteiger partial charge in [-0.05, 0) is 62.1 Å². The van der Waals surface area contributed by atoms with Crippen molar-refractivity contribution in [2.75, 3.05) is 43.1 Å². The first kappa shape index (κ1) is 18.4. The third-order valence-electron chi connectivity index (χ3n) is 5.33. The second-order valence-corrected chi connectivity index (χ2v) is 6.78. The van der Waals surface area contributed by atoms with Gasteiger partial charge < -0.3 is 14.5 Å². The Morgan fingerprint density at radius 2 is 1.69 bits per heavy atom. The van der Waals surface area contributed by atoms with E-state index in [9.17, 15) is 0 Å². The number of methoxy groups -OCH3 is 1. The molecule has 0 unspecified atom stereocenters. The van der Waals surface area contributed by atoms with Gasteiger partial charge in [-0.3, -0.25) is 0 Å². The van der Waals surface area contributed by atoms with Gasteiger partial charge in [0.1, 0.15) is 5.75 Å². The number of anilines is 2. The van der Waals surface area contributed by atoms with Crippen LogP contribution in [0.15, 0.2) is 49.0 Å². The summed E-state index contributed by atoms with van der Waals surface area (Å²) < 4.78 is 5.68. The van der Waals surface area contributed by atoms with Crippen LogP contribution >= 0.6 is 0 Å². The fourth-order valence-electron chi connectivity index (χ4n) is 3.72. The molecule has 0 aliphatic carbocycles. The van der Waals surface area contributed by atoms with Gasteiger partial charge in [0.25, 0.3) is 0 Å². The third kappa shape index (κ3) is 3.72. The maximum atomic E-state index is 5.68. The third-order valence-corrected chi connectivity index (χ3v) is 5.33. The van der Waals surface area contributed by atoms with E-state index in [1.165, 1.54) is 37.3 Å². The van der Waals surface area contributed by atoms with Gasteiger partial charge in [0.15, 0.2) is 0 Å². The van der Waals surface area contributed by atoms with Crippen LogP contribution in [0.25, 0.3) is 5.57 Å². The lowest BCUT2D eigenvalue weighted by atomic mass is 9.98. The minimum atomic E-state index is 0.878. The highest BCUT2D eigenvalue weighted by atomic mass is 16.5. The first-order valence-electron chi connectivity index (χ1n) is 9.65. The van der Waals surface area contributed by atoms with Crippen molar-refractivity contribution in [2.24, 2.45) is 0 Å². The summed E-state index contributed by atoms with van der Waals surface area (Å²) in [6.07, 6.45) is 2.59. The standard InChI is InChI=1S/C23H30N2O/c1-5-24(6-2)21-13-14-22(23(17-21)26-4)18(3)19-9-11-20(12-10-19)25-15-7-8-16-25/h9-14,17H,3,5-8,15-16H2,1-2,4H3. The van der Waals surface area contributed by atoms with E-state index in [1.807, 2.05) is 0 Å². The lowest BCUT2D eigenvalue weighted by Gasteiger charge is -2.23. The summed E-state index contributed by atoms with van der Waals surface area (Å²) in [4.78, 5) is 4.77. The average Bonchev–Trinajstić information content (AvgIpc) is 3.23. The Labute approximate surface area is 157 Å². The summed E-state index contributed by atoms with van der Waals surface area (Å²) >= 11 is 0. The van der Waals surface area contributed by atoms with Crippen LogP contribution in [0.3, 0.4) is 0 Å². The molecule has 3 rings (SSSR count). The molecular weight excluding hydrogens is 320 g/mol. The monoisotopic (exact) mass is 350 g/mol. The summed E-state index contributed by atoms with van der Waals surface area (Å²) in [6, 6.07) is 15.2. The van der Waals surface area contributed by atoms with Gasteiger partial charge in [-0.25, -0.2) is 0 Å². The molecule has 2 aromatic rings. The van der Waals surface area contributed by atoms with E-state index in [1.54, 1.807) is 7.11 Å². The Morgan fingerprint density at radius 3 is 2.27 bits per heavy atom. The fourth-order valence-corrected chi connectivity index (χ4v) is 3.72. The van der Waals surface area contributed by atoms with Crippen molar-refractivity contribution in [1.29, 1.82) is 0 Å². The maximum Gasteiger partial charge on any atom is 0.128 e. The molecule has 0 radical (unpaired) electrons. The van der Waals surface area contributed by atoms with E-state index in [4.69, 9.17) is 4.74 Å². The lowest BCUT2D eigenvalue weighted by molar-refractivity contribution is 0.413. The predicted octanol–water partition coefficient (Wildman–Crippen LogP) is 5.20. The maximum absolute atomic E-state index is 5.68. The molecule has 0 amide bonds. The van der Waals surface area contributed by atoms with Gasteiger partial charge in [0, 0.05) is 49.2 Å². The Morgan fingerprint density at radius 1 is 1.04 bits per heavy atom. The average molecular weight is 351 g/mol. The number of hydrogen-bond acceptors (Lipinski definition) is 3. The molecular formula is C23H30N2O. The van der Waals surface area contributed by atoms with Crippen LogP contribution in [0, 0.1) is 0 Å². The molecule has 26 heavy (non-hydrogen) atoms. The zero-order valence-corrected chi connectivity index (χ0v) is 16.3. The highest BCUT2D eigenvalue weighted by Gasteiger charge is 2.14. The van der Waals surface area contributed by atoms with Crippen molar-refractivity contribution in [1.82, 2.24) is 0 Å². The molecule has 1 aliphatic rings. The molecule has 0 N–H and O–H groups in total. The lowest BCUT2D eigenvalue weighted by Crippen LogP contribution is -2.21. The van der Waals surface area contributed by atoms with E-state index in [0.29, 0.717) is 0 Å². The van der Waals surface area contributed by atoms with E-state index in [-0.39, 0.29) is 0 Å². The van der Waals surface area contributed by atoms with Crippen LogP contribution in [-0.4, -0.2) is 33.3 Å². The summed E-state index contributed by atoms with van der Waals surface area (Å²) in [5.41, 5.74) is 5.69. The van der Waals surface area contributed by atoms with Crippen molar-refractivity contribution in [3.63, 3.8) is 0 Å². The Kier molecular flexibility index (Phi) is 5.87. The fraction of sp³-hybridized carbons (Fsp3) is 0.391. The van der Waals surface area contributed by atoms with Gasteiger partial charge in [0.2, 0.25) is 0 Å². The van der Waals surface area contributed by atoms with E-state index in [0.717, 1.165) is 35.5 Å². The Bertz CT molecular complexity index is 741. The highest BCUT2D eigenvalue weighted by molar-refractivity contribution is 5.83. The molecule has 1 saturated heterocycles. The van der Waals surface area contributed by atoms with Gasteiger partial charge in [-0.15, -0.1) is 0 Å². The number of rotatable bonds is 7. The van der Waals surface area contributed by atoms with Crippen molar-refractivity contribution in [2.45, 2.75) is 26.7 Å². The molecule has 138 valence electrons. The number of nitrogens with zero attached hydrogens (tertiary/aromatic N) is 2. The minimum absolute atomic E-state index is 0.878. The van der Waals surface area contributed by atoms with Crippen LogP contribution < -0.4 is 14.5 Å². The Hall–Kier alpha value is -2.42. The summed E-state index contributed by atoms with van der Waals surface area (Å²) in [5.74, 6) is 0.878. The van der Waals surface area contributed by atoms with Crippen LogP contribution in [0.5, 0.6) is 5.75 Å². The van der Waals surface area contributed by atoms with Crippen molar-refractivity contribution < 1.29 is 4.74 Å². The van der Waals surface area contributed by atoms with Crippen molar-refractivity contribution >= 4 is 16.9 Å². The normalized spacial score (nSPS) is 13.7. The van der Waals surface area contributed by atoms with Gasteiger partial charge >= 0.3 is 0 Å². The van der Waals surface area contributed by atoms with Crippen LogP contribution in [0.1, 0.15) is 37.8 Å². The molecule has 2 aromatic carbocycles. The zero-order chi connectivity index (χ0) is 18.5. The predicted molar refractivity (Wildman–Crippen MR) is 113 cm³/mol. The molecule has 1 heterocycles. The van der Waals surface area contributed by atoms with E-state index in [2.05, 4.69) is 72.7 Å². The SMILES string of the molecule is C=C(c1ccc(N2CCCC2)cc1)c1ccc(N(CC)CC)cc1OC. The number of hydrogen-bond donors (Lipinski definition) is 0. The topological polar surface area (TPSA) is 15.7 Å². The van der Waals surface area contributed by atoms with Crippen LogP contribution in [0.4, 0.5) is 11.4 Å². The molecule has 0 spiro atoms. The summed E-state index contributed by atoms with van der Waals surface area (Å²) in [6.45, 7) is 13.0. The minimum Gasteiger partial charge on any atom is -0.496 e. The first-order valence-corrected chi connectivity index (χ1v) is 9.65. The van der Waals surface area contributed by atoms with Gasteiger partial charge in [-0.1, -0.05) is 18.7 Å². The molecule has 1 aliphatic heterocycles. The molecule has 0 bridgehead atoms. The van der Waals surface area contributed by atoms with E-state index < -0.39 is 0 Å². The molecule has 0 atom stereocenters. The van der Waals surface area contributed by atoms with Crippen molar-refractivity contribution in [3.05, 3.63) is 60.2 Å². The van der Waals surface area contributed by atoms with Crippen LogP contribution in [-0.2, 0) is 0 Å².